The first kappa shape index (κ1) is 12.1. The molecule has 0 bridgehead atoms. The summed E-state index contributed by atoms with van der Waals surface area (Å²) < 4.78 is 24.0. The van der Waals surface area contributed by atoms with Crippen LogP contribution in [0.1, 0.15) is 0 Å². The van der Waals surface area contributed by atoms with E-state index in [1.807, 2.05) is 0 Å². The highest BCUT2D eigenvalue weighted by atomic mass is 31.2. The fourth-order valence-electron chi connectivity index (χ4n) is 0.379. The molecule has 0 spiro atoms. The molecular weight excluding hydrogens is 203 g/mol. The summed E-state index contributed by atoms with van der Waals surface area (Å²) in [5.41, 5.74) is 0. The molecule has 76 valence electrons. The first-order chi connectivity index (χ1) is 5.95. The van der Waals surface area contributed by atoms with Crippen LogP contribution in [0.15, 0.2) is 0 Å². The predicted octanol–water partition coefficient (Wildman–Crippen LogP) is 0.0576. The van der Waals surface area contributed by atoms with Gasteiger partial charge in [0, 0.05) is 14.2 Å². The SMILES string of the molecule is COP(=O)(COC(=O)C(=O)O)OC. The maximum absolute atomic E-state index is 11.2. The van der Waals surface area contributed by atoms with E-state index in [0.717, 1.165) is 14.2 Å². The summed E-state index contributed by atoms with van der Waals surface area (Å²) in [7, 11) is -1.29. The maximum atomic E-state index is 11.2. The van der Waals surface area contributed by atoms with Gasteiger partial charge in [0.05, 0.1) is 0 Å². The van der Waals surface area contributed by atoms with Crippen molar-refractivity contribution < 1.29 is 33.0 Å². The number of ether oxygens (including phenoxy) is 1. The van der Waals surface area contributed by atoms with Crippen molar-refractivity contribution in [2.45, 2.75) is 0 Å². The third-order valence-electron chi connectivity index (χ3n) is 1.08. The Balaban J connectivity index is 4.08. The van der Waals surface area contributed by atoms with Gasteiger partial charge in [-0.3, -0.25) is 4.57 Å². The van der Waals surface area contributed by atoms with Gasteiger partial charge in [-0.05, 0) is 0 Å². The monoisotopic (exact) mass is 212 g/mol. The topological polar surface area (TPSA) is 99.1 Å². The Morgan fingerprint density at radius 2 is 1.77 bits per heavy atom. The van der Waals surface area contributed by atoms with Gasteiger partial charge >= 0.3 is 19.5 Å². The summed E-state index contributed by atoms with van der Waals surface area (Å²) in [6, 6.07) is 0. The van der Waals surface area contributed by atoms with Gasteiger partial charge in [0.1, 0.15) is 0 Å². The summed E-state index contributed by atoms with van der Waals surface area (Å²) in [6.45, 7) is 0. The average Bonchev–Trinajstić information content (AvgIpc) is 2.13. The zero-order chi connectivity index (χ0) is 10.5. The highest BCUT2D eigenvalue weighted by Crippen LogP contribution is 2.45. The van der Waals surface area contributed by atoms with Gasteiger partial charge in [-0.2, -0.15) is 0 Å². The number of carbonyl (C=O) groups excluding carboxylic acids is 1. The van der Waals surface area contributed by atoms with E-state index in [4.69, 9.17) is 5.11 Å². The molecule has 0 saturated carbocycles. The van der Waals surface area contributed by atoms with Crippen LogP contribution in [0.5, 0.6) is 0 Å². The fourth-order valence-corrected chi connectivity index (χ4v) is 1.01. The van der Waals surface area contributed by atoms with Crippen LogP contribution in [0, 0.1) is 0 Å². The van der Waals surface area contributed by atoms with Crippen molar-refractivity contribution in [3.8, 4) is 0 Å². The minimum absolute atomic E-state index is 0.717. The van der Waals surface area contributed by atoms with Crippen molar-refractivity contribution >= 4 is 19.5 Å². The molecule has 0 aliphatic rings. The standard InChI is InChI=1S/C5H9O7P/c1-10-13(9,11-2)3-12-5(8)4(6)7/h3H2,1-2H3,(H,6,7). The number of carbonyl (C=O) groups is 2. The van der Waals surface area contributed by atoms with Crippen molar-refractivity contribution in [1.29, 1.82) is 0 Å². The summed E-state index contributed by atoms with van der Waals surface area (Å²) in [5, 5.41) is 8.08. The molecule has 0 aliphatic carbocycles. The third-order valence-corrected chi connectivity index (χ3v) is 2.64. The fraction of sp³-hybridized carbons (Fsp3) is 0.600. The van der Waals surface area contributed by atoms with Gasteiger partial charge in [0.25, 0.3) is 0 Å². The van der Waals surface area contributed by atoms with E-state index in [0.29, 0.717) is 0 Å². The molecule has 0 aromatic carbocycles. The molecule has 0 radical (unpaired) electrons. The van der Waals surface area contributed by atoms with Crippen molar-refractivity contribution in [2.75, 3.05) is 20.6 Å². The third kappa shape index (κ3) is 4.02. The average molecular weight is 212 g/mol. The van der Waals surface area contributed by atoms with Crippen LogP contribution < -0.4 is 0 Å². The van der Waals surface area contributed by atoms with Gasteiger partial charge in [-0.15, -0.1) is 0 Å². The molecule has 0 atom stereocenters. The molecule has 13 heavy (non-hydrogen) atoms. The maximum Gasteiger partial charge on any atom is 0.417 e. The molecule has 0 saturated heterocycles. The molecule has 0 aromatic heterocycles. The van der Waals surface area contributed by atoms with Crippen LogP contribution in [0.2, 0.25) is 0 Å². The lowest BCUT2D eigenvalue weighted by molar-refractivity contribution is -0.162. The lowest BCUT2D eigenvalue weighted by Crippen LogP contribution is -2.17. The molecule has 0 unspecified atom stereocenters. The van der Waals surface area contributed by atoms with E-state index in [1.165, 1.54) is 0 Å². The van der Waals surface area contributed by atoms with Crippen LogP contribution in [-0.4, -0.2) is 37.6 Å². The largest absolute Gasteiger partial charge is 0.473 e. The van der Waals surface area contributed by atoms with E-state index in [1.54, 1.807) is 0 Å². The number of aliphatic carboxylic acids is 1. The molecule has 0 rings (SSSR count). The zero-order valence-electron chi connectivity index (χ0n) is 7.05. The van der Waals surface area contributed by atoms with Crippen LogP contribution in [0.3, 0.4) is 0 Å². The zero-order valence-corrected chi connectivity index (χ0v) is 7.95. The molecule has 0 heterocycles. The lowest BCUT2D eigenvalue weighted by Gasteiger charge is -2.12. The highest BCUT2D eigenvalue weighted by molar-refractivity contribution is 7.53. The Hall–Kier alpha value is -0.910. The van der Waals surface area contributed by atoms with Crippen molar-refractivity contribution in [1.82, 2.24) is 0 Å². The van der Waals surface area contributed by atoms with Crippen molar-refractivity contribution in [3.63, 3.8) is 0 Å². The van der Waals surface area contributed by atoms with Crippen LogP contribution in [0.4, 0.5) is 0 Å². The van der Waals surface area contributed by atoms with Crippen molar-refractivity contribution in [3.05, 3.63) is 0 Å². The van der Waals surface area contributed by atoms with Gasteiger partial charge < -0.3 is 18.9 Å². The van der Waals surface area contributed by atoms with Gasteiger partial charge in [0.15, 0.2) is 6.35 Å². The number of carboxylic acids is 1. The second-order valence-electron chi connectivity index (χ2n) is 1.84. The minimum atomic E-state index is -3.48. The van der Waals surface area contributed by atoms with E-state index in [2.05, 4.69) is 13.8 Å². The van der Waals surface area contributed by atoms with Gasteiger partial charge in [-0.25, -0.2) is 9.59 Å². The van der Waals surface area contributed by atoms with E-state index in [9.17, 15) is 14.2 Å². The predicted molar refractivity (Wildman–Crippen MR) is 40.2 cm³/mol. The quantitative estimate of drug-likeness (QED) is 0.399. The van der Waals surface area contributed by atoms with E-state index >= 15 is 0 Å². The lowest BCUT2D eigenvalue weighted by atomic mass is 10.7. The van der Waals surface area contributed by atoms with Crippen LogP contribution in [0.25, 0.3) is 0 Å². The molecule has 1 N–H and O–H groups in total. The van der Waals surface area contributed by atoms with Gasteiger partial charge in [-0.1, -0.05) is 0 Å². The Kier molecular flexibility index (Phi) is 4.61. The van der Waals surface area contributed by atoms with E-state index in [-0.39, 0.29) is 0 Å². The molecule has 8 heteroatoms. The number of hydrogen-bond donors (Lipinski definition) is 1. The molecule has 0 fully saturated rings. The van der Waals surface area contributed by atoms with Crippen molar-refractivity contribution in [2.24, 2.45) is 0 Å². The summed E-state index contributed by atoms with van der Waals surface area (Å²) in [4.78, 5) is 20.3. The van der Waals surface area contributed by atoms with Crippen LogP contribution >= 0.6 is 7.60 Å². The second kappa shape index (κ2) is 4.96. The van der Waals surface area contributed by atoms with Gasteiger partial charge in [0.2, 0.25) is 0 Å². The molecule has 0 aromatic rings. The minimum Gasteiger partial charge on any atom is -0.473 e. The summed E-state index contributed by atoms with van der Waals surface area (Å²) in [6.07, 6.45) is -0.717. The Morgan fingerprint density at radius 3 is 2.08 bits per heavy atom. The number of carboxylic acid groups (broad SMARTS) is 1. The summed E-state index contributed by atoms with van der Waals surface area (Å²) >= 11 is 0. The Labute approximate surface area is 74.1 Å². The van der Waals surface area contributed by atoms with E-state index < -0.39 is 25.9 Å². The number of hydrogen-bond acceptors (Lipinski definition) is 6. The summed E-state index contributed by atoms with van der Waals surface area (Å²) in [5.74, 6) is -3.27. The first-order valence-electron chi connectivity index (χ1n) is 3.06. The highest BCUT2D eigenvalue weighted by Gasteiger charge is 2.25. The van der Waals surface area contributed by atoms with Crippen LogP contribution in [-0.2, 0) is 27.9 Å². The molecule has 0 amide bonds. The number of esters is 1. The number of rotatable bonds is 4. The first-order valence-corrected chi connectivity index (χ1v) is 4.78. The normalized spacial score (nSPS) is 10.9. The smallest absolute Gasteiger partial charge is 0.417 e. The Bertz CT molecular complexity index is 239. The molecule has 7 nitrogen and oxygen atoms in total. The second-order valence-corrected chi connectivity index (χ2v) is 4.05. The molecule has 0 aliphatic heterocycles. The Morgan fingerprint density at radius 1 is 1.31 bits per heavy atom. The molecular formula is C5H9O7P.